The average Bonchev–Trinajstić information content (AvgIpc) is 3.89. The molecule has 0 unspecified atom stereocenters. The largest absolute Gasteiger partial charge is 0.492 e. The molecule has 1 aliphatic carbocycles. The molecular formula is C34H42N4O5. The third-order valence-corrected chi connectivity index (χ3v) is 8.25. The number of pyridine rings is 1. The quantitative estimate of drug-likeness (QED) is 0.209. The molecule has 9 nitrogen and oxygen atoms in total. The summed E-state index contributed by atoms with van der Waals surface area (Å²) in [4.78, 5) is 34.5. The Bertz CT molecular complexity index is 1390. The molecule has 1 aromatic heterocycles. The third kappa shape index (κ3) is 7.17. The van der Waals surface area contributed by atoms with E-state index in [4.69, 9.17) is 14.2 Å². The van der Waals surface area contributed by atoms with Gasteiger partial charge in [-0.1, -0.05) is 24.3 Å². The Kier molecular flexibility index (Phi) is 10.3. The van der Waals surface area contributed by atoms with Crippen molar-refractivity contribution in [3.63, 3.8) is 0 Å². The van der Waals surface area contributed by atoms with Gasteiger partial charge in [0.2, 0.25) is 18.2 Å². The van der Waals surface area contributed by atoms with Crippen molar-refractivity contribution >= 4 is 23.7 Å². The Morgan fingerprint density at radius 1 is 1.07 bits per heavy atom. The monoisotopic (exact) mass is 586 g/mol. The number of carbonyl (C=O) groups is 2. The minimum absolute atomic E-state index is 0.0707. The van der Waals surface area contributed by atoms with E-state index in [0.717, 1.165) is 54.6 Å². The fourth-order valence-corrected chi connectivity index (χ4v) is 5.96. The Morgan fingerprint density at radius 2 is 1.91 bits per heavy atom. The summed E-state index contributed by atoms with van der Waals surface area (Å²) in [5, 5.41) is 3.48. The maximum Gasteiger partial charge on any atom is 0.232 e. The van der Waals surface area contributed by atoms with Gasteiger partial charge in [-0.2, -0.15) is 0 Å². The number of nitrogens with zero attached hydrogens (tertiary/aromatic N) is 3. The molecule has 1 N–H and O–H groups in total. The van der Waals surface area contributed by atoms with E-state index >= 15 is 0 Å². The van der Waals surface area contributed by atoms with Crippen molar-refractivity contribution in [1.82, 2.24) is 10.3 Å². The van der Waals surface area contributed by atoms with Crippen LogP contribution in [0.15, 0.2) is 60.8 Å². The average molecular weight is 587 g/mol. The Labute approximate surface area is 254 Å². The van der Waals surface area contributed by atoms with Crippen LogP contribution in [0.3, 0.4) is 0 Å². The lowest BCUT2D eigenvalue weighted by molar-refractivity contribution is -0.123. The lowest BCUT2D eigenvalue weighted by Crippen LogP contribution is -2.47. The molecule has 0 bridgehead atoms. The van der Waals surface area contributed by atoms with E-state index in [0.29, 0.717) is 50.0 Å². The zero-order valence-electron chi connectivity index (χ0n) is 25.3. The van der Waals surface area contributed by atoms with Crippen LogP contribution >= 0.6 is 0 Å². The van der Waals surface area contributed by atoms with Crippen molar-refractivity contribution < 1.29 is 23.8 Å². The lowest BCUT2D eigenvalue weighted by atomic mass is 9.79. The summed E-state index contributed by atoms with van der Waals surface area (Å²) >= 11 is 0. The van der Waals surface area contributed by atoms with Crippen molar-refractivity contribution in [3.05, 3.63) is 66.4 Å². The Morgan fingerprint density at radius 3 is 2.65 bits per heavy atom. The molecular weight excluding hydrogens is 544 g/mol. The van der Waals surface area contributed by atoms with Crippen molar-refractivity contribution in [1.29, 1.82) is 0 Å². The maximum absolute atomic E-state index is 14.5. The van der Waals surface area contributed by atoms with E-state index in [-0.39, 0.29) is 23.8 Å². The van der Waals surface area contributed by atoms with E-state index in [1.807, 2.05) is 42.2 Å². The van der Waals surface area contributed by atoms with Gasteiger partial charge in [-0.3, -0.25) is 9.59 Å². The molecule has 0 spiro atoms. The molecule has 9 heteroatoms. The van der Waals surface area contributed by atoms with Crippen LogP contribution in [0.2, 0.25) is 0 Å². The zero-order valence-corrected chi connectivity index (χ0v) is 25.3. The van der Waals surface area contributed by atoms with Gasteiger partial charge in [0.05, 0.1) is 25.3 Å². The number of hydrogen-bond acceptors (Lipinski definition) is 7. The van der Waals surface area contributed by atoms with Crippen LogP contribution in [0.5, 0.6) is 11.6 Å². The van der Waals surface area contributed by atoms with Crippen molar-refractivity contribution in [2.45, 2.75) is 44.6 Å². The second-order valence-corrected chi connectivity index (χ2v) is 11.1. The number of amides is 2. The number of aromatic nitrogens is 1. The highest BCUT2D eigenvalue weighted by Gasteiger charge is 2.41. The minimum atomic E-state index is -0.226. The summed E-state index contributed by atoms with van der Waals surface area (Å²) in [7, 11) is 3.27. The molecule has 2 amide bonds. The van der Waals surface area contributed by atoms with Crippen LogP contribution in [0.4, 0.5) is 11.4 Å². The van der Waals surface area contributed by atoms with E-state index < -0.39 is 0 Å². The normalized spacial score (nSPS) is 18.1. The summed E-state index contributed by atoms with van der Waals surface area (Å²) in [6.07, 6.45) is 6.06. The minimum Gasteiger partial charge on any atom is -0.492 e. The molecule has 0 radical (unpaired) electrons. The SMILES string of the molecule is CCOc1ccc(N(C(=O)[C@H]2CNCC[C@@H]2c2cccc(-c3ccnc(OC)c3)c2)C2CC2)cc1N(C=O)CCCOC. The molecule has 1 saturated carbocycles. The Balaban J connectivity index is 1.45. The highest BCUT2D eigenvalue weighted by atomic mass is 16.5. The van der Waals surface area contributed by atoms with Gasteiger partial charge in [0, 0.05) is 50.8 Å². The molecule has 2 aliphatic rings. The van der Waals surface area contributed by atoms with Gasteiger partial charge in [-0.25, -0.2) is 4.98 Å². The van der Waals surface area contributed by atoms with Gasteiger partial charge in [0.1, 0.15) is 5.75 Å². The van der Waals surface area contributed by atoms with Crippen LogP contribution in [0.25, 0.3) is 11.1 Å². The fourth-order valence-electron chi connectivity index (χ4n) is 5.96. The topological polar surface area (TPSA) is 93.2 Å². The van der Waals surface area contributed by atoms with E-state index in [2.05, 4.69) is 34.6 Å². The maximum atomic E-state index is 14.5. The predicted octanol–water partition coefficient (Wildman–Crippen LogP) is 5.04. The smallest absolute Gasteiger partial charge is 0.232 e. The second kappa shape index (κ2) is 14.5. The van der Waals surface area contributed by atoms with Crippen LogP contribution in [-0.2, 0) is 14.3 Å². The number of nitrogens with one attached hydrogen (secondary N) is 1. The molecule has 2 heterocycles. The van der Waals surface area contributed by atoms with Crippen LogP contribution < -0.4 is 24.6 Å². The van der Waals surface area contributed by atoms with Crippen LogP contribution in [0, 0.1) is 5.92 Å². The number of methoxy groups -OCH3 is 2. The first-order chi connectivity index (χ1) is 21.1. The summed E-state index contributed by atoms with van der Waals surface area (Å²) in [6, 6.07) is 18.3. The fraction of sp³-hybridized carbons (Fsp3) is 0.441. The first-order valence-electron chi connectivity index (χ1n) is 15.2. The standard InChI is InChI=1S/C34H42N4O5/c1-4-43-32-12-11-28(21-31(32)37(23-39)17-6-18-41-2)38(27-9-10-27)34(40)30-22-35-15-14-29(30)26-8-5-7-24(19-26)25-13-16-36-33(20-25)42-3/h5,7-8,11-13,16,19-21,23,27,29-30,35H,4,6,9-10,14-15,17-18,22H2,1-3H3/t29-,30+/m1/s1. The van der Waals surface area contributed by atoms with Crippen molar-refractivity contribution in [2.24, 2.45) is 5.92 Å². The first kappa shape index (κ1) is 30.5. The van der Waals surface area contributed by atoms with Crippen LogP contribution in [0.1, 0.15) is 44.1 Å². The molecule has 228 valence electrons. The summed E-state index contributed by atoms with van der Waals surface area (Å²) in [6.45, 7) is 4.90. The number of anilines is 2. The van der Waals surface area contributed by atoms with Gasteiger partial charge in [0.15, 0.2) is 0 Å². The van der Waals surface area contributed by atoms with E-state index in [9.17, 15) is 9.59 Å². The number of ether oxygens (including phenoxy) is 3. The molecule has 43 heavy (non-hydrogen) atoms. The van der Waals surface area contributed by atoms with Gasteiger partial charge in [-0.05, 0) is 86.0 Å². The van der Waals surface area contributed by atoms with Crippen molar-refractivity contribution in [3.8, 4) is 22.8 Å². The third-order valence-electron chi connectivity index (χ3n) is 8.25. The van der Waals surface area contributed by atoms with E-state index in [1.54, 1.807) is 25.3 Å². The molecule has 1 saturated heterocycles. The number of rotatable bonds is 14. The number of carbonyl (C=O) groups excluding carboxylic acids is 2. The highest BCUT2D eigenvalue weighted by molar-refractivity contribution is 5.98. The second-order valence-electron chi connectivity index (χ2n) is 11.1. The van der Waals surface area contributed by atoms with Gasteiger partial charge < -0.3 is 29.3 Å². The zero-order chi connectivity index (χ0) is 30.2. The molecule has 2 fully saturated rings. The lowest BCUT2D eigenvalue weighted by Gasteiger charge is -2.36. The van der Waals surface area contributed by atoms with Crippen molar-refractivity contribution in [2.75, 3.05) is 56.9 Å². The van der Waals surface area contributed by atoms with Crippen LogP contribution in [-0.4, -0.2) is 70.4 Å². The Hall–Kier alpha value is -3.95. The molecule has 1 aliphatic heterocycles. The molecule has 2 atom stereocenters. The number of benzene rings is 2. The van der Waals surface area contributed by atoms with Gasteiger partial charge in [-0.15, -0.1) is 0 Å². The number of piperidine rings is 1. The summed E-state index contributed by atoms with van der Waals surface area (Å²) in [5.41, 5.74) is 4.72. The highest BCUT2D eigenvalue weighted by Crippen LogP contribution is 2.41. The molecule has 2 aromatic carbocycles. The van der Waals surface area contributed by atoms with Gasteiger partial charge >= 0.3 is 0 Å². The summed E-state index contributed by atoms with van der Waals surface area (Å²) < 4.78 is 16.4. The molecule has 3 aromatic rings. The predicted molar refractivity (Wildman–Crippen MR) is 168 cm³/mol. The number of hydrogen-bond donors (Lipinski definition) is 1. The van der Waals surface area contributed by atoms with Gasteiger partial charge in [0.25, 0.3) is 0 Å². The van der Waals surface area contributed by atoms with E-state index in [1.165, 1.54) is 0 Å². The summed E-state index contributed by atoms with van der Waals surface area (Å²) in [5.74, 6) is 1.15. The molecule has 5 rings (SSSR count). The first-order valence-corrected chi connectivity index (χ1v) is 15.2.